The van der Waals surface area contributed by atoms with E-state index >= 15 is 4.39 Å². The highest BCUT2D eigenvalue weighted by molar-refractivity contribution is 7.99. The minimum atomic E-state index is -2.11. The molecule has 0 heterocycles. The van der Waals surface area contributed by atoms with E-state index in [1.54, 1.807) is 62.4 Å². The number of fused-ring (bicyclic) bond motifs is 5. The predicted molar refractivity (Wildman–Crippen MR) is 162 cm³/mol. The van der Waals surface area contributed by atoms with Gasteiger partial charge in [-0.3, -0.25) is 9.59 Å². The molecule has 2 N–H and O–H groups in total. The van der Waals surface area contributed by atoms with Crippen molar-refractivity contribution < 1.29 is 43.3 Å². The average molecular weight is 635 g/mol. The Morgan fingerprint density at radius 2 is 1.76 bits per heavy atom. The zero-order chi connectivity index (χ0) is 32.4. The summed E-state index contributed by atoms with van der Waals surface area (Å²) in [4.78, 5) is 51.5. The van der Waals surface area contributed by atoms with Gasteiger partial charge < -0.3 is 19.7 Å². The molecule has 10 heteroatoms. The maximum atomic E-state index is 17.4. The number of benzene rings is 2. The second-order valence-electron chi connectivity index (χ2n) is 13.0. The number of aliphatic hydroxyl groups is 1. The first-order valence-electron chi connectivity index (χ1n) is 15.1. The lowest BCUT2D eigenvalue weighted by Crippen LogP contribution is -2.69. The van der Waals surface area contributed by atoms with Crippen LogP contribution in [0.4, 0.5) is 4.39 Å². The van der Waals surface area contributed by atoms with E-state index in [1.807, 2.05) is 6.07 Å². The van der Waals surface area contributed by atoms with E-state index in [2.05, 4.69) is 0 Å². The van der Waals surface area contributed by atoms with E-state index < -0.39 is 57.9 Å². The second kappa shape index (κ2) is 10.9. The van der Waals surface area contributed by atoms with Crippen LogP contribution in [0.3, 0.4) is 0 Å². The van der Waals surface area contributed by atoms with Crippen LogP contribution in [0.25, 0.3) is 0 Å². The molecule has 3 fully saturated rings. The van der Waals surface area contributed by atoms with E-state index in [4.69, 9.17) is 9.47 Å². The van der Waals surface area contributed by atoms with Crippen molar-refractivity contribution in [2.45, 2.75) is 80.0 Å². The number of carbonyl (C=O) groups is 4. The number of hydrogen-bond donors (Lipinski definition) is 2. The van der Waals surface area contributed by atoms with Crippen molar-refractivity contribution >= 4 is 35.5 Å². The maximum Gasteiger partial charge on any atom is 0.348 e. The summed E-state index contributed by atoms with van der Waals surface area (Å²) in [5.41, 5.74) is -5.70. The Morgan fingerprint density at radius 1 is 1.02 bits per heavy atom. The topological polar surface area (TPSA) is 127 Å². The lowest BCUT2D eigenvalue weighted by molar-refractivity contribution is -0.222. The molecule has 0 aromatic heterocycles. The molecule has 45 heavy (non-hydrogen) atoms. The van der Waals surface area contributed by atoms with Crippen LogP contribution in [0, 0.1) is 22.7 Å². The van der Waals surface area contributed by atoms with Gasteiger partial charge in [-0.05, 0) is 99.6 Å². The molecule has 4 aliphatic rings. The number of ketones is 1. The molecule has 0 saturated heterocycles. The molecule has 2 aromatic carbocycles. The Balaban J connectivity index is 1.24. The number of esters is 2. The van der Waals surface area contributed by atoms with E-state index in [1.165, 1.54) is 30.8 Å². The molecule has 1 unspecified atom stereocenters. The molecular formula is C35H35FO8S. The standard InChI is InChI=1S/C35H35FO8S/c1-20(37)43-24-5-4-6-26(18-24)45-25-10-7-21(8-11-25)30(40)44-34(31(41)42)16-14-27-28-12-9-22-17-23(38)13-15-32(22,2)35(28,36)29(39)19-33(27,34)3/h4-8,10-11,13,15,17-18,27-29,39H,9,12,14,16,19H2,1-3H3,(H,41,42)/t27-,28-,29-,32-,33-,34+,35?/m0/s1. The molecular weight excluding hydrogens is 599 g/mol. The van der Waals surface area contributed by atoms with Gasteiger partial charge in [0, 0.05) is 33.5 Å². The highest BCUT2D eigenvalue weighted by Gasteiger charge is 2.76. The minimum Gasteiger partial charge on any atom is -0.478 e. The molecule has 7 atom stereocenters. The van der Waals surface area contributed by atoms with Gasteiger partial charge in [-0.2, -0.15) is 0 Å². The molecule has 0 radical (unpaired) electrons. The van der Waals surface area contributed by atoms with Crippen LogP contribution in [-0.4, -0.2) is 51.3 Å². The lowest BCUT2D eigenvalue weighted by Gasteiger charge is -2.62. The van der Waals surface area contributed by atoms with Crippen molar-refractivity contribution in [1.29, 1.82) is 0 Å². The van der Waals surface area contributed by atoms with E-state index in [9.17, 15) is 29.4 Å². The summed E-state index contributed by atoms with van der Waals surface area (Å²) in [5, 5.41) is 22.2. The van der Waals surface area contributed by atoms with Crippen molar-refractivity contribution in [3.05, 3.63) is 77.9 Å². The summed E-state index contributed by atoms with van der Waals surface area (Å²) in [6.07, 6.45) is 3.73. The van der Waals surface area contributed by atoms with Crippen molar-refractivity contribution in [3.63, 3.8) is 0 Å². The third-order valence-corrected chi connectivity index (χ3v) is 11.8. The van der Waals surface area contributed by atoms with Crippen LogP contribution in [0.1, 0.15) is 63.2 Å². The first-order valence-corrected chi connectivity index (χ1v) is 15.9. The van der Waals surface area contributed by atoms with E-state index in [0.717, 1.165) is 9.79 Å². The summed E-state index contributed by atoms with van der Waals surface area (Å²) in [6.45, 7) is 4.73. The number of carboxylic acids is 1. The third-order valence-electron chi connectivity index (χ3n) is 10.8. The number of halogens is 1. The van der Waals surface area contributed by atoms with Crippen LogP contribution >= 0.6 is 11.8 Å². The predicted octanol–water partition coefficient (Wildman–Crippen LogP) is 6.11. The lowest BCUT2D eigenvalue weighted by atomic mass is 9.45. The number of alkyl halides is 1. The fourth-order valence-corrected chi connectivity index (χ4v) is 9.41. The van der Waals surface area contributed by atoms with Gasteiger partial charge in [-0.15, -0.1) is 0 Å². The highest BCUT2D eigenvalue weighted by Crippen LogP contribution is 2.70. The summed E-state index contributed by atoms with van der Waals surface area (Å²) >= 11 is 1.39. The zero-order valence-electron chi connectivity index (χ0n) is 25.2. The molecule has 0 amide bonds. The molecule has 6 rings (SSSR count). The molecule has 3 saturated carbocycles. The van der Waals surface area contributed by atoms with Crippen molar-refractivity contribution in [2.75, 3.05) is 0 Å². The maximum absolute atomic E-state index is 17.4. The minimum absolute atomic E-state index is 0.00507. The summed E-state index contributed by atoms with van der Waals surface area (Å²) in [5.74, 6) is -3.51. The Hall–Kier alpha value is -3.76. The van der Waals surface area contributed by atoms with Crippen LogP contribution in [0.15, 0.2) is 82.1 Å². The molecule has 236 valence electrons. The highest BCUT2D eigenvalue weighted by atomic mass is 32.2. The normalized spacial score (nSPS) is 35.0. The van der Waals surface area contributed by atoms with Crippen molar-refractivity contribution in [2.24, 2.45) is 22.7 Å². The first-order chi connectivity index (χ1) is 21.2. The SMILES string of the molecule is CC(=O)Oc1cccc(Sc2ccc(C(=O)O[C@@]3(C(=O)O)CC[C@H]4[C@@H]5CCC6=CC(=O)C=C[C@]6(C)C5(F)[C@@H](O)C[C@@]43C)cc2)c1. The fraction of sp³-hybridized carbons (Fsp3) is 0.429. The largest absolute Gasteiger partial charge is 0.478 e. The van der Waals surface area contributed by atoms with Gasteiger partial charge in [0.1, 0.15) is 5.75 Å². The van der Waals surface area contributed by atoms with Crippen molar-refractivity contribution in [1.82, 2.24) is 0 Å². The Morgan fingerprint density at radius 3 is 2.44 bits per heavy atom. The average Bonchev–Trinajstić information content (AvgIpc) is 3.26. The van der Waals surface area contributed by atoms with Crippen LogP contribution in [0.2, 0.25) is 0 Å². The molecule has 0 spiro atoms. The fourth-order valence-electron chi connectivity index (χ4n) is 8.54. The summed E-state index contributed by atoms with van der Waals surface area (Å²) in [6, 6.07) is 13.5. The number of rotatable bonds is 6. The van der Waals surface area contributed by atoms with Gasteiger partial charge >= 0.3 is 17.9 Å². The van der Waals surface area contributed by atoms with E-state index in [0.29, 0.717) is 30.6 Å². The van der Waals surface area contributed by atoms with Gasteiger partial charge in [0.2, 0.25) is 5.60 Å². The number of ether oxygens (including phenoxy) is 2. The van der Waals surface area contributed by atoms with Gasteiger partial charge in [-0.1, -0.05) is 36.4 Å². The molecule has 0 bridgehead atoms. The Kier molecular flexibility index (Phi) is 7.60. The number of allylic oxidation sites excluding steroid dienone is 4. The monoisotopic (exact) mass is 634 g/mol. The molecule has 8 nitrogen and oxygen atoms in total. The summed E-state index contributed by atoms with van der Waals surface area (Å²) < 4.78 is 28.5. The van der Waals surface area contributed by atoms with Crippen LogP contribution in [-0.2, 0) is 19.1 Å². The summed E-state index contributed by atoms with van der Waals surface area (Å²) in [7, 11) is 0. The first kappa shape index (κ1) is 31.2. The Bertz CT molecular complexity index is 1650. The molecule has 2 aromatic rings. The van der Waals surface area contributed by atoms with Gasteiger partial charge in [0.15, 0.2) is 11.5 Å². The Labute approximate surface area is 264 Å². The number of carbonyl (C=O) groups excluding carboxylic acids is 3. The van der Waals surface area contributed by atoms with Gasteiger partial charge in [0.25, 0.3) is 0 Å². The smallest absolute Gasteiger partial charge is 0.348 e. The van der Waals surface area contributed by atoms with Gasteiger partial charge in [-0.25, -0.2) is 14.0 Å². The number of hydrogen-bond acceptors (Lipinski definition) is 8. The van der Waals surface area contributed by atoms with Crippen LogP contribution < -0.4 is 4.74 Å². The number of carboxylic acid groups (broad SMARTS) is 1. The third kappa shape index (κ3) is 4.76. The number of aliphatic carboxylic acids is 1. The van der Waals surface area contributed by atoms with Gasteiger partial charge in [0.05, 0.1) is 11.7 Å². The quantitative estimate of drug-likeness (QED) is 0.286. The molecule has 0 aliphatic heterocycles. The second-order valence-corrected chi connectivity index (χ2v) is 14.2. The number of aliphatic hydroxyl groups excluding tert-OH is 1. The van der Waals surface area contributed by atoms with Crippen LogP contribution in [0.5, 0.6) is 5.75 Å². The molecule has 4 aliphatic carbocycles. The van der Waals surface area contributed by atoms with E-state index in [-0.39, 0.29) is 24.2 Å². The zero-order valence-corrected chi connectivity index (χ0v) is 26.1. The van der Waals surface area contributed by atoms with Crippen molar-refractivity contribution in [3.8, 4) is 5.75 Å².